The predicted molar refractivity (Wildman–Crippen MR) is 81.7 cm³/mol. The summed E-state index contributed by atoms with van der Waals surface area (Å²) < 4.78 is 4.09. The van der Waals surface area contributed by atoms with Gasteiger partial charge in [-0.3, -0.25) is 4.79 Å². The number of carbonyl (C=O) groups excluding carboxylic acids is 1. The number of nitrogens with zero attached hydrogens (tertiary/aromatic N) is 1. The number of carbonyl (C=O) groups is 1. The van der Waals surface area contributed by atoms with Crippen molar-refractivity contribution in [3.8, 4) is 10.4 Å². The lowest BCUT2D eigenvalue weighted by atomic mass is 9.81. The van der Waals surface area contributed by atoms with Crippen LogP contribution >= 0.6 is 11.5 Å². The minimum Gasteiger partial charge on any atom is -0.352 e. The largest absolute Gasteiger partial charge is 0.352 e. The fraction of sp³-hybridized carbons (Fsp3) is 0.250. The topological polar surface area (TPSA) is 42.0 Å². The molecule has 0 bridgehead atoms. The third kappa shape index (κ3) is 2.80. The zero-order chi connectivity index (χ0) is 13.9. The van der Waals surface area contributed by atoms with E-state index in [1.807, 2.05) is 30.3 Å². The summed E-state index contributed by atoms with van der Waals surface area (Å²) in [7, 11) is 0. The van der Waals surface area contributed by atoms with Gasteiger partial charge in [-0.2, -0.15) is 0 Å². The van der Waals surface area contributed by atoms with Gasteiger partial charge in [-0.05, 0) is 54.1 Å². The van der Waals surface area contributed by atoms with E-state index in [1.165, 1.54) is 17.1 Å². The second-order valence-corrected chi connectivity index (χ2v) is 6.03. The molecule has 0 saturated heterocycles. The lowest BCUT2D eigenvalue weighted by molar-refractivity contribution is 0.0944. The summed E-state index contributed by atoms with van der Waals surface area (Å²) in [6, 6.07) is 9.64. The molecule has 0 spiro atoms. The molecule has 3 nitrogen and oxygen atoms in total. The average Bonchev–Trinajstić information content (AvgIpc) is 2.96. The molecule has 1 amide bonds. The second kappa shape index (κ2) is 5.59. The molecule has 0 atom stereocenters. The Balaban J connectivity index is 1.65. The van der Waals surface area contributed by atoms with Crippen LogP contribution in [0, 0.1) is 5.92 Å². The van der Waals surface area contributed by atoms with E-state index in [9.17, 15) is 4.79 Å². The van der Waals surface area contributed by atoms with Gasteiger partial charge >= 0.3 is 0 Å². The highest BCUT2D eigenvalue weighted by Gasteiger charge is 2.21. The molecule has 1 fully saturated rings. The fourth-order valence-corrected chi connectivity index (χ4v) is 3.01. The maximum absolute atomic E-state index is 12.1. The van der Waals surface area contributed by atoms with Crippen LogP contribution in [0.15, 0.2) is 48.7 Å². The van der Waals surface area contributed by atoms with Crippen LogP contribution in [-0.2, 0) is 0 Å². The molecule has 1 aromatic carbocycles. The first-order valence-corrected chi connectivity index (χ1v) is 7.45. The van der Waals surface area contributed by atoms with Crippen molar-refractivity contribution in [2.24, 2.45) is 5.92 Å². The lowest BCUT2D eigenvalue weighted by Crippen LogP contribution is -2.32. The number of amides is 1. The van der Waals surface area contributed by atoms with E-state index in [4.69, 9.17) is 0 Å². The quantitative estimate of drug-likeness (QED) is 0.873. The monoisotopic (exact) mass is 284 g/mol. The van der Waals surface area contributed by atoms with E-state index in [1.54, 1.807) is 6.20 Å². The molecule has 102 valence electrons. The van der Waals surface area contributed by atoms with Gasteiger partial charge in [0.15, 0.2) is 0 Å². The summed E-state index contributed by atoms with van der Waals surface area (Å²) in [5, 5.41) is 3.00. The number of allylic oxidation sites excluding steroid dienone is 1. The maximum atomic E-state index is 12.1. The minimum atomic E-state index is -0.00567. The van der Waals surface area contributed by atoms with E-state index < -0.39 is 0 Å². The molecule has 1 N–H and O–H groups in total. The molecule has 1 heterocycles. The van der Waals surface area contributed by atoms with Gasteiger partial charge < -0.3 is 5.32 Å². The summed E-state index contributed by atoms with van der Waals surface area (Å²) in [6.45, 7) is 4.66. The highest BCUT2D eigenvalue weighted by Crippen LogP contribution is 2.30. The van der Waals surface area contributed by atoms with Gasteiger partial charge in [0.1, 0.15) is 0 Å². The van der Waals surface area contributed by atoms with Gasteiger partial charge in [-0.15, -0.1) is 0 Å². The van der Waals surface area contributed by atoms with Gasteiger partial charge in [0.2, 0.25) is 0 Å². The molecule has 0 unspecified atom stereocenters. The normalized spacial score (nSPS) is 14.9. The van der Waals surface area contributed by atoms with Crippen LogP contribution in [0.1, 0.15) is 23.2 Å². The van der Waals surface area contributed by atoms with Crippen molar-refractivity contribution in [2.75, 3.05) is 6.54 Å². The van der Waals surface area contributed by atoms with Crippen molar-refractivity contribution < 1.29 is 4.79 Å². The number of aromatic nitrogens is 1. The van der Waals surface area contributed by atoms with Crippen LogP contribution in [0.3, 0.4) is 0 Å². The number of benzene rings is 1. The SMILES string of the molecule is C=C1CC(CNC(=O)c2cccc(-c3ccns3)c2)C1. The number of hydrogen-bond donors (Lipinski definition) is 1. The molecule has 4 heteroatoms. The Kier molecular flexibility index (Phi) is 3.65. The molecule has 1 aliphatic carbocycles. The van der Waals surface area contributed by atoms with Crippen LogP contribution < -0.4 is 5.32 Å². The van der Waals surface area contributed by atoms with Crippen LogP contribution in [-0.4, -0.2) is 16.8 Å². The Hall–Kier alpha value is -1.94. The van der Waals surface area contributed by atoms with Crippen molar-refractivity contribution in [3.63, 3.8) is 0 Å². The summed E-state index contributed by atoms with van der Waals surface area (Å²) in [4.78, 5) is 13.2. The first kappa shape index (κ1) is 13.1. The standard InChI is InChI=1S/C16H16N2OS/c1-11-7-12(8-11)10-17-16(19)14-4-2-3-13(9-14)15-5-6-18-20-15/h2-6,9,12H,1,7-8,10H2,(H,17,19). The van der Waals surface area contributed by atoms with Gasteiger partial charge in [-0.25, -0.2) is 4.37 Å². The maximum Gasteiger partial charge on any atom is 0.251 e. The molecule has 0 aliphatic heterocycles. The highest BCUT2D eigenvalue weighted by atomic mass is 32.1. The summed E-state index contributed by atoms with van der Waals surface area (Å²) >= 11 is 1.44. The first-order chi connectivity index (χ1) is 9.72. The van der Waals surface area contributed by atoms with Crippen LogP contribution in [0.2, 0.25) is 0 Å². The Bertz CT molecular complexity index is 626. The molecule has 20 heavy (non-hydrogen) atoms. The lowest BCUT2D eigenvalue weighted by Gasteiger charge is -2.28. The molecule has 1 aromatic heterocycles. The Labute approximate surface area is 122 Å². The van der Waals surface area contributed by atoms with Crippen LogP contribution in [0.4, 0.5) is 0 Å². The molecule has 2 aromatic rings. The Morgan fingerprint density at radius 3 is 2.95 bits per heavy atom. The van der Waals surface area contributed by atoms with E-state index >= 15 is 0 Å². The number of nitrogens with one attached hydrogen (secondary N) is 1. The fourth-order valence-electron chi connectivity index (χ4n) is 2.42. The molecule has 1 aliphatic rings. The van der Waals surface area contributed by atoms with E-state index in [0.717, 1.165) is 29.8 Å². The molecule has 0 radical (unpaired) electrons. The first-order valence-electron chi connectivity index (χ1n) is 6.68. The van der Waals surface area contributed by atoms with Crippen molar-refractivity contribution in [1.29, 1.82) is 0 Å². The van der Waals surface area contributed by atoms with Crippen molar-refractivity contribution in [3.05, 3.63) is 54.2 Å². The van der Waals surface area contributed by atoms with Gasteiger partial charge in [-0.1, -0.05) is 24.3 Å². The predicted octanol–water partition coefficient (Wildman–Crippen LogP) is 3.51. The third-order valence-electron chi connectivity index (χ3n) is 3.55. The summed E-state index contributed by atoms with van der Waals surface area (Å²) in [5.74, 6) is 0.560. The smallest absolute Gasteiger partial charge is 0.251 e. The zero-order valence-corrected chi connectivity index (χ0v) is 12.0. The van der Waals surface area contributed by atoms with Crippen LogP contribution in [0.25, 0.3) is 10.4 Å². The highest BCUT2D eigenvalue weighted by molar-refractivity contribution is 7.09. The zero-order valence-electron chi connectivity index (χ0n) is 11.1. The Morgan fingerprint density at radius 1 is 1.40 bits per heavy atom. The van der Waals surface area contributed by atoms with Gasteiger partial charge in [0.05, 0.1) is 4.88 Å². The van der Waals surface area contributed by atoms with E-state index in [2.05, 4.69) is 16.3 Å². The average molecular weight is 284 g/mol. The Morgan fingerprint density at radius 2 is 2.25 bits per heavy atom. The molecule has 3 rings (SSSR count). The molecule has 1 saturated carbocycles. The van der Waals surface area contributed by atoms with E-state index in [-0.39, 0.29) is 5.91 Å². The third-order valence-corrected chi connectivity index (χ3v) is 4.35. The van der Waals surface area contributed by atoms with Crippen molar-refractivity contribution in [1.82, 2.24) is 9.69 Å². The summed E-state index contributed by atoms with van der Waals surface area (Å²) in [5.41, 5.74) is 3.03. The van der Waals surface area contributed by atoms with Crippen LogP contribution in [0.5, 0.6) is 0 Å². The summed E-state index contributed by atoms with van der Waals surface area (Å²) in [6.07, 6.45) is 3.86. The van der Waals surface area contributed by atoms with E-state index in [0.29, 0.717) is 11.5 Å². The van der Waals surface area contributed by atoms with Crippen molar-refractivity contribution in [2.45, 2.75) is 12.8 Å². The number of hydrogen-bond acceptors (Lipinski definition) is 3. The van der Waals surface area contributed by atoms with Gasteiger partial charge in [0.25, 0.3) is 5.91 Å². The van der Waals surface area contributed by atoms with Gasteiger partial charge in [0, 0.05) is 18.3 Å². The number of rotatable bonds is 4. The van der Waals surface area contributed by atoms with Crippen molar-refractivity contribution >= 4 is 17.4 Å². The molecular formula is C16H16N2OS. The molecular weight excluding hydrogens is 268 g/mol. The second-order valence-electron chi connectivity index (χ2n) is 5.19. The minimum absolute atomic E-state index is 0.00567.